The molecular formula is C40H49F2IrN3O2SSi. The van der Waals surface area contributed by atoms with Gasteiger partial charge < -0.3 is 5.11 Å². The monoisotopic (exact) mass is 894 g/mol. The molecule has 0 bridgehead atoms. The van der Waals surface area contributed by atoms with E-state index in [0.717, 1.165) is 63.4 Å². The molecule has 0 atom stereocenters. The molecule has 1 radical (unpaired) electrons. The van der Waals surface area contributed by atoms with E-state index in [2.05, 4.69) is 42.9 Å². The number of pyridine rings is 1. The van der Waals surface area contributed by atoms with Crippen LogP contribution in [0, 0.1) is 29.2 Å². The number of hydrogen-bond donors (Lipinski definition) is 1. The second kappa shape index (κ2) is 14.6. The Bertz CT molecular complexity index is 2100. The van der Waals surface area contributed by atoms with Crippen molar-refractivity contribution < 1.29 is 42.5 Å². The predicted molar refractivity (Wildman–Crippen MR) is 201 cm³/mol. The van der Waals surface area contributed by atoms with Gasteiger partial charge in [0.25, 0.3) is 0 Å². The molecule has 3 aromatic heterocycles. The number of carbonyl (C=O) groups excluding carboxylic acids is 1. The molecule has 10 heteroatoms. The largest absolute Gasteiger partial charge is 0.802 e. The van der Waals surface area contributed by atoms with Gasteiger partial charge in [-0.2, -0.15) is 0 Å². The Balaban J connectivity index is 0.000000269. The molecule has 6 rings (SSSR count). The number of halogens is 2. The van der Waals surface area contributed by atoms with Crippen LogP contribution in [-0.4, -0.2) is 29.8 Å². The van der Waals surface area contributed by atoms with Crippen molar-refractivity contribution in [1.29, 1.82) is 0 Å². The Morgan fingerprint density at radius 3 is 2.18 bits per heavy atom. The number of aryl methyl sites for hydroxylation is 1. The molecule has 1 N–H and O–H groups in total. The van der Waals surface area contributed by atoms with Crippen LogP contribution in [0.4, 0.5) is 8.22 Å². The Kier molecular flexibility index (Phi) is 11.6. The van der Waals surface area contributed by atoms with Crippen molar-refractivity contribution in [1.82, 2.24) is 9.97 Å². The second-order valence-electron chi connectivity index (χ2n) is 15.2. The molecule has 50 heavy (non-hydrogen) atoms. The zero-order valence-corrected chi connectivity index (χ0v) is 35.1. The molecule has 0 unspecified atom stereocenters. The summed E-state index contributed by atoms with van der Waals surface area (Å²) in [6.07, 6.45) is 6.97. The number of benzene rings is 2. The molecule has 0 saturated heterocycles. The first kappa shape index (κ1) is 39.9. The molecular weight excluding hydrogens is 845 g/mol. The minimum atomic E-state index is -5.14. The number of aliphatic hydroxyl groups is 1. The summed E-state index contributed by atoms with van der Waals surface area (Å²) in [6, 6.07) is 14.7. The third-order valence-corrected chi connectivity index (χ3v) is 13.9. The summed E-state index contributed by atoms with van der Waals surface area (Å²) in [5, 5.41) is 13.3. The van der Waals surface area contributed by atoms with Crippen LogP contribution < -0.4 is 9.42 Å². The van der Waals surface area contributed by atoms with Crippen LogP contribution >= 0.6 is 11.3 Å². The second-order valence-corrected chi connectivity index (χ2v) is 18.3. The molecule has 269 valence electrons. The van der Waals surface area contributed by atoms with Crippen LogP contribution in [0.1, 0.15) is 99.3 Å². The van der Waals surface area contributed by atoms with Gasteiger partial charge >= 0.3 is 8.90 Å². The van der Waals surface area contributed by atoms with E-state index in [1.807, 2.05) is 65.8 Å². The number of ketones is 1. The zero-order chi connectivity index (χ0) is 36.1. The maximum Gasteiger partial charge on any atom is 0.802 e. The number of aromatic nitrogens is 3. The summed E-state index contributed by atoms with van der Waals surface area (Å²) < 4.78 is 35.4. The molecule has 1 aliphatic heterocycles. The van der Waals surface area contributed by atoms with Crippen LogP contribution in [0.3, 0.4) is 0 Å². The van der Waals surface area contributed by atoms with Crippen LogP contribution in [0.5, 0.6) is 0 Å². The van der Waals surface area contributed by atoms with Crippen LogP contribution in [0.2, 0.25) is 0 Å². The number of allylic oxidation sites excluding steroid dienone is 2. The van der Waals surface area contributed by atoms with E-state index < -0.39 is 8.90 Å². The molecule has 0 fully saturated rings. The average molecular weight is 894 g/mol. The molecule has 0 amide bonds. The number of hydrogen-bond acceptors (Lipinski definition) is 5. The van der Waals surface area contributed by atoms with Crippen LogP contribution in [-0.2, 0) is 31.3 Å². The van der Waals surface area contributed by atoms with Gasteiger partial charge in [-0.25, -0.2) is 17.4 Å². The summed E-state index contributed by atoms with van der Waals surface area (Å²) in [5.74, 6) is 0.286. The van der Waals surface area contributed by atoms with E-state index in [9.17, 15) is 9.90 Å². The molecule has 0 aliphatic carbocycles. The predicted octanol–water partition coefficient (Wildman–Crippen LogP) is 10.2. The molecule has 5 nitrogen and oxygen atoms in total. The van der Waals surface area contributed by atoms with Crippen molar-refractivity contribution in [3.05, 3.63) is 71.9 Å². The number of aliphatic hydroxyl groups excluding tert-OH is 1. The van der Waals surface area contributed by atoms with Gasteiger partial charge in [0.1, 0.15) is 28.3 Å². The zero-order valence-electron chi connectivity index (χ0n) is 30.8. The number of fused-ring (bicyclic) bond motifs is 3. The summed E-state index contributed by atoms with van der Waals surface area (Å²) in [7, 11) is -5.14. The molecule has 1 aliphatic rings. The Morgan fingerprint density at radius 1 is 0.960 bits per heavy atom. The topological polar surface area (TPSA) is 67.0 Å². The van der Waals surface area contributed by atoms with Gasteiger partial charge in [0.2, 0.25) is 0 Å². The third kappa shape index (κ3) is 7.10. The summed E-state index contributed by atoms with van der Waals surface area (Å²) >= 11 is 1.48. The number of rotatable bonds is 8. The molecule has 0 saturated carbocycles. The van der Waals surface area contributed by atoms with Crippen molar-refractivity contribution in [3.8, 4) is 11.4 Å². The third-order valence-electron chi connectivity index (χ3n) is 10.7. The first-order chi connectivity index (χ1) is 22.9. The fourth-order valence-corrected chi connectivity index (χ4v) is 9.99. The summed E-state index contributed by atoms with van der Waals surface area (Å²) in [4.78, 5) is 21.9. The Hall–Kier alpha value is -2.91. The first-order valence-electron chi connectivity index (χ1n) is 17.4. The maximum absolute atomic E-state index is 16.6. The SMILES string of the molecule is CCC(C)(CC)C(=O)/C=C(\O)C(C)(CC)CC.Cc1c2ccccc2[c-]c2[n+]1[Si](F)(F)c1cc(CC(C)(C)C)cc3sc4ncnc-2c4c13.[Ir]. The Labute approximate surface area is 314 Å². The van der Waals surface area contributed by atoms with E-state index in [1.165, 1.54) is 28.0 Å². The van der Waals surface area contributed by atoms with E-state index in [0.29, 0.717) is 22.5 Å². The fourth-order valence-electron chi connectivity index (χ4n) is 6.62. The standard InChI is InChI=1S/C25H21F2N3SSi.C15H28O2.Ir/c1-14-17-8-6-5-7-16(17)11-18-23-22-21-19(31-24(22)29-13-28-23)9-15(12-25(2,3)4)10-20(21)32(26,27)30(14)18;1-7-14(5,8-2)12(16)11-13(17)15(6,9-3)10-4;/h5-10,13H,12H2,1-4H3;11,16H,7-10H2,1-6H3;/b;12-11-;. The van der Waals surface area contributed by atoms with Crippen molar-refractivity contribution in [2.45, 2.75) is 101 Å². The number of thiophene rings is 1. The molecule has 2 aromatic carbocycles. The minimum absolute atomic E-state index is 0. The van der Waals surface area contributed by atoms with Gasteiger partial charge in [0, 0.05) is 59.4 Å². The molecule has 4 heterocycles. The van der Waals surface area contributed by atoms with E-state index in [-0.39, 0.29) is 53.1 Å². The van der Waals surface area contributed by atoms with E-state index >= 15 is 8.22 Å². The van der Waals surface area contributed by atoms with Crippen molar-refractivity contribution in [2.24, 2.45) is 16.2 Å². The van der Waals surface area contributed by atoms with Crippen molar-refractivity contribution in [2.75, 3.05) is 0 Å². The first-order valence-corrected chi connectivity index (χ1v) is 19.9. The quantitative estimate of drug-likeness (QED) is 0.0554. The maximum atomic E-state index is 16.6. The van der Waals surface area contributed by atoms with Crippen molar-refractivity contribution in [3.63, 3.8) is 0 Å². The average Bonchev–Trinajstić information content (AvgIpc) is 3.41. The minimum Gasteiger partial charge on any atom is -0.512 e. The smallest absolute Gasteiger partial charge is 0.512 e. The molecule has 5 aromatic rings. The van der Waals surface area contributed by atoms with E-state index in [4.69, 9.17) is 0 Å². The van der Waals surface area contributed by atoms with Gasteiger partial charge in [-0.3, -0.25) is 9.78 Å². The summed E-state index contributed by atoms with van der Waals surface area (Å²) in [5.41, 5.74) is 1.80. The summed E-state index contributed by atoms with van der Waals surface area (Å²) in [6.45, 7) is 20.3. The number of carbonyl (C=O) groups is 1. The van der Waals surface area contributed by atoms with Gasteiger partial charge in [0.15, 0.2) is 5.78 Å². The van der Waals surface area contributed by atoms with E-state index in [1.54, 1.807) is 13.0 Å². The fraction of sp³-hybridized carbons (Fsp3) is 0.450. The van der Waals surface area contributed by atoms with Gasteiger partial charge in [-0.15, -0.1) is 28.9 Å². The number of nitrogens with zero attached hydrogens (tertiary/aromatic N) is 3. The van der Waals surface area contributed by atoms with Gasteiger partial charge in [0.05, 0.1) is 10.9 Å². The molecule has 0 spiro atoms. The normalized spacial score (nSPS) is 14.3. The van der Waals surface area contributed by atoms with Crippen LogP contribution in [0.25, 0.3) is 42.5 Å². The van der Waals surface area contributed by atoms with Crippen LogP contribution in [0.15, 0.2) is 54.6 Å². The Morgan fingerprint density at radius 2 is 1.58 bits per heavy atom. The van der Waals surface area contributed by atoms with Gasteiger partial charge in [-0.1, -0.05) is 80.5 Å². The van der Waals surface area contributed by atoms with Crippen molar-refractivity contribution >= 4 is 62.3 Å². The van der Waals surface area contributed by atoms with Gasteiger partial charge in [-0.05, 0) is 60.6 Å².